The number of ether oxygens (including phenoxy) is 1. The lowest BCUT2D eigenvalue weighted by atomic mass is 9.74. The Morgan fingerprint density at radius 2 is 1.88 bits per heavy atom. The molecule has 1 aromatic carbocycles. The van der Waals surface area contributed by atoms with E-state index in [0.29, 0.717) is 19.5 Å². The van der Waals surface area contributed by atoms with Crippen molar-refractivity contribution in [1.82, 2.24) is 9.80 Å². The SMILES string of the molecule is C[C@@]12C=CCCOC(=O)[C@@H]1[C@H]1C(=O)N(CCO)C3C(=O)N(Cc4ccccc4)CC=C[C@@]31S2. The highest BCUT2D eigenvalue weighted by Gasteiger charge is 2.73. The third-order valence-electron chi connectivity index (χ3n) is 7.16. The minimum Gasteiger partial charge on any atom is -0.465 e. The van der Waals surface area contributed by atoms with Crippen molar-refractivity contribution >= 4 is 29.5 Å². The first-order chi connectivity index (χ1) is 15.9. The molecule has 1 spiro atoms. The third-order valence-corrected chi connectivity index (χ3v) is 8.96. The fraction of sp³-hybridized carbons (Fsp3) is 0.480. The van der Waals surface area contributed by atoms with E-state index < -0.39 is 27.4 Å². The summed E-state index contributed by atoms with van der Waals surface area (Å²) in [6.07, 6.45) is 8.57. The van der Waals surface area contributed by atoms with E-state index in [0.717, 1.165) is 5.56 Å². The summed E-state index contributed by atoms with van der Waals surface area (Å²) >= 11 is 1.52. The van der Waals surface area contributed by atoms with Crippen molar-refractivity contribution in [2.45, 2.75) is 35.4 Å². The number of aliphatic hydroxyl groups is 1. The number of likely N-dealkylation sites (tertiary alicyclic amines) is 1. The smallest absolute Gasteiger partial charge is 0.311 e. The summed E-state index contributed by atoms with van der Waals surface area (Å²) in [6.45, 7) is 2.89. The van der Waals surface area contributed by atoms with Crippen LogP contribution in [0, 0.1) is 11.8 Å². The molecule has 2 fully saturated rings. The van der Waals surface area contributed by atoms with E-state index in [9.17, 15) is 19.5 Å². The number of esters is 1. The quantitative estimate of drug-likeness (QED) is 0.535. The van der Waals surface area contributed by atoms with Crippen molar-refractivity contribution in [1.29, 1.82) is 0 Å². The Bertz CT molecular complexity index is 1030. The number of hydrogen-bond acceptors (Lipinski definition) is 6. The van der Waals surface area contributed by atoms with Crippen LogP contribution in [0.1, 0.15) is 18.9 Å². The molecule has 33 heavy (non-hydrogen) atoms. The van der Waals surface area contributed by atoms with Gasteiger partial charge in [-0.3, -0.25) is 14.4 Å². The maximum atomic E-state index is 14.0. The van der Waals surface area contributed by atoms with Crippen molar-refractivity contribution in [2.24, 2.45) is 11.8 Å². The molecule has 0 aromatic heterocycles. The predicted molar refractivity (Wildman–Crippen MR) is 124 cm³/mol. The van der Waals surface area contributed by atoms with Gasteiger partial charge < -0.3 is 19.6 Å². The highest BCUT2D eigenvalue weighted by molar-refractivity contribution is 8.02. The zero-order valence-corrected chi connectivity index (χ0v) is 19.4. The van der Waals surface area contributed by atoms with Gasteiger partial charge >= 0.3 is 5.97 Å². The number of benzene rings is 1. The van der Waals surface area contributed by atoms with E-state index >= 15 is 0 Å². The van der Waals surface area contributed by atoms with Gasteiger partial charge in [0.05, 0.1) is 29.8 Å². The second kappa shape index (κ2) is 8.33. The van der Waals surface area contributed by atoms with Crippen LogP contribution in [0.3, 0.4) is 0 Å². The van der Waals surface area contributed by atoms with Gasteiger partial charge in [-0.2, -0.15) is 0 Å². The Hall–Kier alpha value is -2.58. The molecule has 4 heterocycles. The predicted octanol–water partition coefficient (Wildman–Crippen LogP) is 1.77. The lowest BCUT2D eigenvalue weighted by Gasteiger charge is -2.36. The molecule has 0 aliphatic carbocycles. The first-order valence-electron chi connectivity index (χ1n) is 11.4. The molecule has 174 valence electrons. The monoisotopic (exact) mass is 468 g/mol. The number of fused-ring (bicyclic) bond motifs is 2. The van der Waals surface area contributed by atoms with Crippen LogP contribution in [-0.4, -0.2) is 74.5 Å². The Kier molecular flexibility index (Phi) is 5.61. The van der Waals surface area contributed by atoms with Crippen LogP contribution in [0.25, 0.3) is 0 Å². The van der Waals surface area contributed by atoms with Gasteiger partial charge in [0.15, 0.2) is 0 Å². The summed E-state index contributed by atoms with van der Waals surface area (Å²) in [6, 6.07) is 8.95. The standard InChI is InChI=1S/C25H28N2O5S/c1-24-10-5-6-15-32-23(31)19(24)18-21(29)27(13-14-28)20-22(30)26(12-7-11-25(18,20)33-24)16-17-8-3-2-4-9-17/h2-5,7-11,18-20,28H,6,12-16H2,1H3/t18-,19-,20?,24+,25-/m0/s1. The van der Waals surface area contributed by atoms with Gasteiger partial charge in [0.1, 0.15) is 6.04 Å². The number of aliphatic hydroxyl groups excluding tert-OH is 1. The number of cyclic esters (lactones) is 1. The van der Waals surface area contributed by atoms with Gasteiger partial charge in [-0.25, -0.2) is 0 Å². The lowest BCUT2D eigenvalue weighted by molar-refractivity contribution is -0.154. The molecule has 2 amide bonds. The summed E-state index contributed by atoms with van der Waals surface area (Å²) in [5.74, 6) is -2.23. The minimum absolute atomic E-state index is 0.0510. The molecular weight excluding hydrogens is 440 g/mol. The maximum Gasteiger partial charge on any atom is 0.311 e. The maximum absolute atomic E-state index is 14.0. The first kappa shape index (κ1) is 22.2. The topological polar surface area (TPSA) is 87.1 Å². The molecule has 0 saturated carbocycles. The van der Waals surface area contributed by atoms with Crippen LogP contribution in [0.4, 0.5) is 0 Å². The number of carbonyl (C=O) groups is 3. The van der Waals surface area contributed by atoms with E-state index in [-0.39, 0.29) is 37.5 Å². The Morgan fingerprint density at radius 3 is 2.64 bits per heavy atom. The highest BCUT2D eigenvalue weighted by Crippen LogP contribution is 2.65. The largest absolute Gasteiger partial charge is 0.465 e. The average Bonchev–Trinajstić information content (AvgIpc) is 3.11. The molecule has 0 radical (unpaired) electrons. The Balaban J connectivity index is 1.59. The summed E-state index contributed by atoms with van der Waals surface area (Å²) in [4.78, 5) is 44.1. The van der Waals surface area contributed by atoms with Crippen molar-refractivity contribution in [3.63, 3.8) is 0 Å². The molecule has 4 aliphatic rings. The Labute approximate surface area is 197 Å². The average molecular weight is 469 g/mol. The van der Waals surface area contributed by atoms with Gasteiger partial charge in [-0.05, 0) is 18.9 Å². The normalized spacial score (nSPS) is 35.5. The van der Waals surface area contributed by atoms with Gasteiger partial charge in [-0.1, -0.05) is 54.6 Å². The van der Waals surface area contributed by atoms with Crippen LogP contribution in [0.2, 0.25) is 0 Å². The number of amides is 2. The number of β-amino-alcohol motifs (C(OH)–C–C–N with tert-alkyl or cyclic N) is 1. The number of rotatable bonds is 4. The molecular formula is C25H28N2O5S. The minimum atomic E-state index is -0.901. The van der Waals surface area contributed by atoms with E-state index in [1.165, 1.54) is 16.7 Å². The number of nitrogens with zero attached hydrogens (tertiary/aromatic N) is 2. The summed E-state index contributed by atoms with van der Waals surface area (Å²) < 4.78 is 3.94. The molecule has 8 heteroatoms. The van der Waals surface area contributed by atoms with E-state index in [4.69, 9.17) is 4.74 Å². The number of hydrogen-bond donors (Lipinski definition) is 1. The zero-order chi connectivity index (χ0) is 23.2. The number of thioether (sulfide) groups is 1. The fourth-order valence-corrected chi connectivity index (χ4v) is 7.98. The second-order valence-electron chi connectivity index (χ2n) is 9.22. The van der Waals surface area contributed by atoms with Gasteiger partial charge in [0.25, 0.3) is 0 Å². The van der Waals surface area contributed by atoms with Gasteiger partial charge in [0, 0.05) is 24.4 Å². The van der Waals surface area contributed by atoms with Crippen LogP contribution in [0.15, 0.2) is 54.6 Å². The van der Waals surface area contributed by atoms with Crippen molar-refractivity contribution in [3.8, 4) is 0 Å². The molecule has 5 rings (SSSR count). The second-order valence-corrected chi connectivity index (χ2v) is 11.0. The summed E-state index contributed by atoms with van der Waals surface area (Å²) in [5.41, 5.74) is 1.00. The molecule has 5 atom stereocenters. The molecule has 7 nitrogen and oxygen atoms in total. The zero-order valence-electron chi connectivity index (χ0n) is 18.6. The van der Waals surface area contributed by atoms with Crippen molar-refractivity contribution < 1.29 is 24.2 Å². The summed E-state index contributed by atoms with van der Waals surface area (Å²) in [5, 5.41) is 9.72. The highest BCUT2D eigenvalue weighted by atomic mass is 32.2. The molecule has 1 unspecified atom stereocenters. The van der Waals surface area contributed by atoms with Crippen molar-refractivity contribution in [2.75, 3.05) is 26.3 Å². The van der Waals surface area contributed by atoms with Crippen LogP contribution < -0.4 is 0 Å². The van der Waals surface area contributed by atoms with Gasteiger partial charge in [0.2, 0.25) is 11.8 Å². The van der Waals surface area contributed by atoms with Crippen molar-refractivity contribution in [3.05, 3.63) is 60.2 Å². The van der Waals surface area contributed by atoms with E-state index in [2.05, 4.69) is 0 Å². The van der Waals surface area contributed by atoms with Crippen LogP contribution in [0.5, 0.6) is 0 Å². The molecule has 1 aromatic rings. The molecule has 0 bridgehead atoms. The first-order valence-corrected chi connectivity index (χ1v) is 12.2. The fourth-order valence-electron chi connectivity index (χ4n) is 5.83. The summed E-state index contributed by atoms with van der Waals surface area (Å²) in [7, 11) is 0. The molecule has 2 saturated heterocycles. The molecule has 1 N–H and O–H groups in total. The van der Waals surface area contributed by atoms with Crippen LogP contribution in [-0.2, 0) is 25.7 Å². The van der Waals surface area contributed by atoms with E-state index in [1.54, 1.807) is 4.90 Å². The van der Waals surface area contributed by atoms with Crippen LogP contribution >= 0.6 is 11.8 Å². The van der Waals surface area contributed by atoms with E-state index in [1.807, 2.05) is 61.6 Å². The lowest BCUT2D eigenvalue weighted by Crippen LogP contribution is -2.53. The molecule has 4 aliphatic heterocycles. The third kappa shape index (κ3) is 3.42. The Morgan fingerprint density at radius 1 is 1.09 bits per heavy atom. The number of carbonyl (C=O) groups excluding carboxylic acids is 3. The van der Waals surface area contributed by atoms with Gasteiger partial charge in [-0.15, -0.1) is 11.8 Å².